The Labute approximate surface area is 183 Å². The van der Waals surface area contributed by atoms with E-state index in [1.54, 1.807) is 19.2 Å². The van der Waals surface area contributed by atoms with Crippen molar-refractivity contribution in [3.05, 3.63) is 53.1 Å². The first-order valence-corrected chi connectivity index (χ1v) is 10.4. The Balaban J connectivity index is 1.44. The molecule has 5 rings (SSSR count). The normalized spacial score (nSPS) is 22.4. The molecule has 2 aromatic carbocycles. The van der Waals surface area contributed by atoms with Crippen molar-refractivity contribution >= 4 is 39.9 Å². The number of carbonyl (C=O) groups excluding carboxylic acids is 1. The van der Waals surface area contributed by atoms with Gasteiger partial charge in [-0.15, -0.1) is 0 Å². The number of nitrogens with zero attached hydrogens (tertiary/aromatic N) is 3. The van der Waals surface area contributed by atoms with Crippen LogP contribution in [0, 0.1) is 23.6 Å². The fourth-order valence-electron chi connectivity index (χ4n) is 4.68. The number of primary amides is 1. The number of amides is 1. The molecule has 9 heteroatoms. The number of methoxy groups -OCH3 is 1. The molecular formula is C22H21ClFN5O2. The number of halogens is 2. The van der Waals surface area contributed by atoms with Crippen LogP contribution in [0.3, 0.4) is 0 Å². The van der Waals surface area contributed by atoms with Crippen molar-refractivity contribution < 1.29 is 13.9 Å². The van der Waals surface area contributed by atoms with Crippen molar-refractivity contribution in [2.45, 2.75) is 6.54 Å². The molecule has 3 aromatic rings. The van der Waals surface area contributed by atoms with Gasteiger partial charge in [-0.05, 0) is 30.0 Å². The van der Waals surface area contributed by atoms with Gasteiger partial charge in [-0.25, -0.2) is 14.4 Å². The van der Waals surface area contributed by atoms with E-state index in [1.807, 2.05) is 12.1 Å². The summed E-state index contributed by atoms with van der Waals surface area (Å²) in [5.41, 5.74) is 7.35. The van der Waals surface area contributed by atoms with Gasteiger partial charge in [0.05, 0.1) is 23.3 Å². The van der Waals surface area contributed by atoms with Gasteiger partial charge in [-0.3, -0.25) is 9.69 Å². The third-order valence-corrected chi connectivity index (χ3v) is 6.53. The first kappa shape index (κ1) is 20.0. The van der Waals surface area contributed by atoms with E-state index < -0.39 is 5.82 Å². The van der Waals surface area contributed by atoms with E-state index in [4.69, 9.17) is 22.1 Å². The van der Waals surface area contributed by atoms with Crippen LogP contribution in [0.15, 0.2) is 36.7 Å². The van der Waals surface area contributed by atoms with Crippen LogP contribution >= 0.6 is 11.6 Å². The third-order valence-electron chi connectivity index (χ3n) is 6.23. The molecule has 0 bridgehead atoms. The summed E-state index contributed by atoms with van der Waals surface area (Å²) in [5, 5.41) is 3.81. The predicted octanol–water partition coefficient (Wildman–Crippen LogP) is 3.34. The summed E-state index contributed by atoms with van der Waals surface area (Å²) in [4.78, 5) is 22.4. The third kappa shape index (κ3) is 3.55. The fourth-order valence-corrected chi connectivity index (χ4v) is 4.85. The molecule has 7 nitrogen and oxygen atoms in total. The van der Waals surface area contributed by atoms with Gasteiger partial charge < -0.3 is 15.8 Å². The molecule has 160 valence electrons. The molecule has 31 heavy (non-hydrogen) atoms. The number of piperidine rings is 1. The molecular weight excluding hydrogens is 421 g/mol. The molecule has 1 saturated heterocycles. The number of hydrogen-bond donors (Lipinski definition) is 2. The average molecular weight is 442 g/mol. The summed E-state index contributed by atoms with van der Waals surface area (Å²) in [5.74, 6) is 1.20. The van der Waals surface area contributed by atoms with E-state index in [9.17, 15) is 9.18 Å². The monoisotopic (exact) mass is 441 g/mol. The number of aromatic nitrogens is 2. The van der Waals surface area contributed by atoms with Gasteiger partial charge >= 0.3 is 0 Å². The number of rotatable bonds is 6. The molecule has 0 spiro atoms. The molecule has 3 atom stereocenters. The van der Waals surface area contributed by atoms with Crippen LogP contribution in [0.5, 0.6) is 5.75 Å². The zero-order chi connectivity index (χ0) is 21.7. The van der Waals surface area contributed by atoms with Crippen LogP contribution in [0.1, 0.15) is 5.56 Å². The lowest BCUT2D eigenvalue weighted by Crippen LogP contribution is -2.28. The highest BCUT2D eigenvalue weighted by molar-refractivity contribution is 6.31. The summed E-state index contributed by atoms with van der Waals surface area (Å²) < 4.78 is 20.0. The summed E-state index contributed by atoms with van der Waals surface area (Å²) in [6.45, 7) is 2.34. The highest BCUT2D eigenvalue weighted by Crippen LogP contribution is 2.51. The Morgan fingerprint density at radius 3 is 2.81 bits per heavy atom. The first-order chi connectivity index (χ1) is 15.0. The highest BCUT2D eigenvalue weighted by Gasteiger charge is 2.58. The van der Waals surface area contributed by atoms with Gasteiger partial charge in [0.25, 0.3) is 0 Å². The van der Waals surface area contributed by atoms with Gasteiger partial charge in [0.2, 0.25) is 5.91 Å². The Morgan fingerprint density at radius 2 is 2.10 bits per heavy atom. The Bertz CT molecular complexity index is 1180. The summed E-state index contributed by atoms with van der Waals surface area (Å²) in [6.07, 6.45) is 1.42. The van der Waals surface area contributed by atoms with E-state index in [-0.39, 0.29) is 22.5 Å². The molecule has 1 aliphatic carbocycles. The van der Waals surface area contributed by atoms with Crippen molar-refractivity contribution in [3.8, 4) is 5.75 Å². The van der Waals surface area contributed by atoms with Gasteiger partial charge in [-0.2, -0.15) is 0 Å². The number of ether oxygens (including phenoxy) is 1. The maximum atomic E-state index is 14.4. The van der Waals surface area contributed by atoms with Crippen molar-refractivity contribution in [1.29, 1.82) is 0 Å². The molecule has 2 fully saturated rings. The number of fused-ring (bicyclic) bond motifs is 2. The molecule has 2 aliphatic rings. The minimum atomic E-state index is -0.537. The number of carbonyl (C=O) groups is 1. The standard InChI is InChI=1S/C22H21ClFN5O2/c1-31-18-6-17-12(5-11(18)7-29-8-13-14(9-29)19(13)21(25)30)22(27-10-26-17)28-16-4-2-3-15(23)20(16)24/h2-6,10,13-14,19H,7-9H2,1H3,(H2,25,30)(H,26,27,28)/t13-,14?,19?/m1/s1. The van der Waals surface area contributed by atoms with Crippen LogP contribution < -0.4 is 15.8 Å². The number of anilines is 2. The van der Waals surface area contributed by atoms with Crippen LogP contribution in [0.4, 0.5) is 15.9 Å². The first-order valence-electron chi connectivity index (χ1n) is 10.0. The Hall–Kier alpha value is -2.97. The number of nitrogens with one attached hydrogen (secondary N) is 1. The topological polar surface area (TPSA) is 93.4 Å². The smallest absolute Gasteiger partial charge is 0.221 e. The Morgan fingerprint density at radius 1 is 1.32 bits per heavy atom. The number of benzene rings is 2. The predicted molar refractivity (Wildman–Crippen MR) is 116 cm³/mol. The van der Waals surface area contributed by atoms with Crippen LogP contribution in [0.25, 0.3) is 10.9 Å². The molecule has 1 saturated carbocycles. The minimum Gasteiger partial charge on any atom is -0.496 e. The van der Waals surface area contributed by atoms with Gasteiger partial charge in [0, 0.05) is 42.6 Å². The highest BCUT2D eigenvalue weighted by atomic mass is 35.5. The average Bonchev–Trinajstić information content (AvgIpc) is 3.27. The summed E-state index contributed by atoms with van der Waals surface area (Å²) in [6, 6.07) is 8.59. The molecule has 2 heterocycles. The summed E-state index contributed by atoms with van der Waals surface area (Å²) in [7, 11) is 1.62. The maximum Gasteiger partial charge on any atom is 0.221 e. The van der Waals surface area contributed by atoms with E-state index in [0.717, 1.165) is 29.8 Å². The van der Waals surface area contributed by atoms with Crippen molar-refractivity contribution in [2.24, 2.45) is 23.5 Å². The van der Waals surface area contributed by atoms with Crippen molar-refractivity contribution in [1.82, 2.24) is 14.9 Å². The van der Waals surface area contributed by atoms with E-state index >= 15 is 0 Å². The lowest BCUT2D eigenvalue weighted by molar-refractivity contribution is -0.120. The van der Waals surface area contributed by atoms with Crippen LogP contribution in [-0.2, 0) is 11.3 Å². The van der Waals surface area contributed by atoms with Gasteiger partial charge in [-0.1, -0.05) is 17.7 Å². The van der Waals surface area contributed by atoms with Gasteiger partial charge in [0.1, 0.15) is 17.9 Å². The zero-order valence-corrected chi connectivity index (χ0v) is 17.6. The number of nitrogens with two attached hydrogens (primary N) is 1. The molecule has 1 aromatic heterocycles. The minimum absolute atomic E-state index is 0.0199. The van der Waals surface area contributed by atoms with Crippen molar-refractivity contribution in [3.63, 3.8) is 0 Å². The van der Waals surface area contributed by atoms with Crippen LogP contribution in [0.2, 0.25) is 5.02 Å². The summed E-state index contributed by atoms with van der Waals surface area (Å²) >= 11 is 5.90. The zero-order valence-electron chi connectivity index (χ0n) is 16.8. The molecule has 3 N–H and O–H groups in total. The quantitative estimate of drug-likeness (QED) is 0.609. The van der Waals surface area contributed by atoms with E-state index in [2.05, 4.69) is 20.2 Å². The van der Waals surface area contributed by atoms with Crippen molar-refractivity contribution in [2.75, 3.05) is 25.5 Å². The number of hydrogen-bond acceptors (Lipinski definition) is 6. The second kappa shape index (κ2) is 7.62. The van der Waals surface area contributed by atoms with Gasteiger partial charge in [0.15, 0.2) is 5.82 Å². The second-order valence-electron chi connectivity index (χ2n) is 8.08. The van der Waals surface area contributed by atoms with E-state index in [1.165, 1.54) is 12.4 Å². The lowest BCUT2D eigenvalue weighted by atomic mass is 10.1. The van der Waals surface area contributed by atoms with E-state index in [0.29, 0.717) is 29.7 Å². The Kier molecular flexibility index (Phi) is 4.91. The fraction of sp³-hybridized carbons (Fsp3) is 0.318. The lowest BCUT2D eigenvalue weighted by Gasteiger charge is -2.21. The molecule has 0 radical (unpaired) electrons. The maximum absolute atomic E-state index is 14.4. The number of likely N-dealkylation sites (tertiary alicyclic amines) is 1. The molecule has 1 amide bonds. The largest absolute Gasteiger partial charge is 0.496 e. The van der Waals surface area contributed by atoms with Crippen LogP contribution in [-0.4, -0.2) is 41.0 Å². The second-order valence-corrected chi connectivity index (χ2v) is 8.49. The molecule has 2 unspecified atom stereocenters. The SMILES string of the molecule is COc1cc2ncnc(Nc3cccc(Cl)c3F)c2cc1CN1CC2C(C(N)=O)[C@@H]2C1. The molecule has 1 aliphatic heterocycles.